The van der Waals surface area contributed by atoms with Gasteiger partial charge in [0.1, 0.15) is 5.82 Å². The molecule has 0 N–H and O–H groups in total. The monoisotopic (exact) mass is 472 g/mol. The van der Waals surface area contributed by atoms with Crippen LogP contribution in [0.4, 0.5) is 17.6 Å². The van der Waals surface area contributed by atoms with E-state index in [1.165, 1.54) is 17.0 Å². The number of carbonyl (C=O) groups is 1. The molecule has 2 aromatic carbocycles. The zero-order valence-corrected chi connectivity index (χ0v) is 18.5. The summed E-state index contributed by atoms with van der Waals surface area (Å²) in [4.78, 5) is 13.6. The van der Waals surface area contributed by atoms with Crippen LogP contribution in [0.1, 0.15) is 36.9 Å². The molecule has 3 rings (SSSR count). The van der Waals surface area contributed by atoms with E-state index in [1.54, 1.807) is 32.2 Å². The zero-order chi connectivity index (χ0) is 23.7. The second-order valence-corrected chi connectivity index (χ2v) is 9.73. The smallest absolute Gasteiger partial charge is 0.339 e. The van der Waals surface area contributed by atoms with Crippen molar-refractivity contribution in [3.8, 4) is 0 Å². The van der Waals surface area contributed by atoms with Gasteiger partial charge in [-0.2, -0.15) is 17.5 Å². The summed E-state index contributed by atoms with van der Waals surface area (Å²) in [5, 5.41) is 0. The molecule has 2 aromatic rings. The standard InChI is InChI=1S/C22H24F4N2O3S/c1-15(17-7-3-5-9-19(17)23)27(2)21(29)16-11-13-28(14-12-16)32(30,31)20-10-6-4-8-18(20)22(24,25)26/h3-10,15-16H,11-14H2,1-2H3. The summed E-state index contributed by atoms with van der Waals surface area (Å²) in [5.74, 6) is -1.18. The molecule has 0 aliphatic carbocycles. The molecular formula is C22H24F4N2O3S. The second-order valence-electron chi connectivity index (χ2n) is 7.82. The molecule has 1 saturated heterocycles. The van der Waals surface area contributed by atoms with Gasteiger partial charge in [-0.25, -0.2) is 12.8 Å². The Hall–Kier alpha value is -2.46. The number of benzene rings is 2. The van der Waals surface area contributed by atoms with Crippen molar-refractivity contribution < 1.29 is 30.8 Å². The van der Waals surface area contributed by atoms with E-state index in [9.17, 15) is 30.8 Å². The van der Waals surface area contributed by atoms with Crippen molar-refractivity contribution in [3.63, 3.8) is 0 Å². The Morgan fingerprint density at radius 2 is 1.62 bits per heavy atom. The fraction of sp³-hybridized carbons (Fsp3) is 0.409. The van der Waals surface area contributed by atoms with Gasteiger partial charge in [0.05, 0.1) is 16.5 Å². The minimum atomic E-state index is -4.80. The Bertz CT molecular complexity index is 1080. The summed E-state index contributed by atoms with van der Waals surface area (Å²) < 4.78 is 80.7. The largest absolute Gasteiger partial charge is 0.417 e. The number of piperidine rings is 1. The van der Waals surface area contributed by atoms with Gasteiger partial charge >= 0.3 is 6.18 Å². The molecule has 10 heteroatoms. The van der Waals surface area contributed by atoms with Crippen LogP contribution >= 0.6 is 0 Å². The average Bonchev–Trinajstić information content (AvgIpc) is 2.77. The maximum absolute atomic E-state index is 14.1. The van der Waals surface area contributed by atoms with Crippen LogP contribution in [0.3, 0.4) is 0 Å². The highest BCUT2D eigenvalue weighted by molar-refractivity contribution is 7.89. The quantitative estimate of drug-likeness (QED) is 0.604. The first kappa shape index (κ1) is 24.2. The average molecular weight is 473 g/mol. The van der Waals surface area contributed by atoms with Crippen molar-refractivity contribution in [2.24, 2.45) is 5.92 Å². The third-order valence-electron chi connectivity index (χ3n) is 5.90. The van der Waals surface area contributed by atoms with Gasteiger partial charge in [0, 0.05) is 31.6 Å². The summed E-state index contributed by atoms with van der Waals surface area (Å²) in [7, 11) is -2.81. The molecule has 1 heterocycles. The second kappa shape index (κ2) is 9.19. The Labute approximate surface area is 184 Å². The first-order chi connectivity index (χ1) is 14.9. The molecule has 0 radical (unpaired) electrons. The van der Waals surface area contributed by atoms with E-state index in [0.29, 0.717) is 5.56 Å². The number of amides is 1. The molecular weight excluding hydrogens is 448 g/mol. The van der Waals surface area contributed by atoms with Crippen molar-refractivity contribution in [3.05, 3.63) is 65.5 Å². The molecule has 174 valence electrons. The van der Waals surface area contributed by atoms with Crippen LogP contribution in [0.25, 0.3) is 0 Å². The number of hydrogen-bond acceptors (Lipinski definition) is 3. The van der Waals surface area contributed by atoms with Gasteiger partial charge in [-0.15, -0.1) is 0 Å². The number of alkyl halides is 3. The molecule has 1 unspecified atom stereocenters. The van der Waals surface area contributed by atoms with E-state index >= 15 is 0 Å². The molecule has 1 amide bonds. The number of nitrogens with zero attached hydrogens (tertiary/aromatic N) is 2. The highest BCUT2D eigenvalue weighted by Gasteiger charge is 2.40. The summed E-state index contributed by atoms with van der Waals surface area (Å²) in [5.41, 5.74) is -0.844. The Kier molecular flexibility index (Phi) is 6.94. The molecule has 32 heavy (non-hydrogen) atoms. The summed E-state index contributed by atoms with van der Waals surface area (Å²) >= 11 is 0. The van der Waals surface area contributed by atoms with E-state index in [-0.39, 0.29) is 31.8 Å². The van der Waals surface area contributed by atoms with Gasteiger partial charge in [0.2, 0.25) is 15.9 Å². The highest BCUT2D eigenvalue weighted by atomic mass is 32.2. The molecule has 0 saturated carbocycles. The Morgan fingerprint density at radius 3 is 2.22 bits per heavy atom. The predicted octanol–water partition coefficient (Wildman–Crippen LogP) is 4.46. The van der Waals surface area contributed by atoms with Gasteiger partial charge < -0.3 is 4.90 Å². The predicted molar refractivity (Wildman–Crippen MR) is 111 cm³/mol. The van der Waals surface area contributed by atoms with Crippen LogP contribution in [0.2, 0.25) is 0 Å². The molecule has 5 nitrogen and oxygen atoms in total. The molecule has 1 atom stereocenters. The summed E-state index contributed by atoms with van der Waals surface area (Å²) in [6.07, 6.45) is -4.47. The fourth-order valence-electron chi connectivity index (χ4n) is 3.91. The summed E-state index contributed by atoms with van der Waals surface area (Å²) in [6, 6.07) is 9.68. The number of carbonyl (C=O) groups excluding carboxylic acids is 1. The number of halogens is 4. The Balaban J connectivity index is 1.71. The SMILES string of the molecule is CC(c1ccccc1F)N(C)C(=O)C1CCN(S(=O)(=O)c2ccccc2C(F)(F)F)CC1. The van der Waals surface area contributed by atoms with Gasteiger partial charge in [-0.05, 0) is 38.0 Å². The van der Waals surface area contributed by atoms with Crippen molar-refractivity contribution in [1.29, 1.82) is 0 Å². The van der Waals surface area contributed by atoms with E-state index in [1.807, 2.05) is 0 Å². The lowest BCUT2D eigenvalue weighted by Gasteiger charge is -2.34. The van der Waals surface area contributed by atoms with E-state index < -0.39 is 44.4 Å². The Morgan fingerprint density at radius 1 is 1.06 bits per heavy atom. The van der Waals surface area contributed by atoms with Crippen molar-refractivity contribution >= 4 is 15.9 Å². The minimum Gasteiger partial charge on any atom is -0.339 e. The molecule has 1 fully saturated rings. The number of sulfonamides is 1. The first-order valence-electron chi connectivity index (χ1n) is 10.1. The van der Waals surface area contributed by atoms with Gasteiger partial charge in [-0.1, -0.05) is 30.3 Å². The van der Waals surface area contributed by atoms with Crippen LogP contribution < -0.4 is 0 Å². The van der Waals surface area contributed by atoms with E-state index in [4.69, 9.17) is 0 Å². The van der Waals surface area contributed by atoms with E-state index in [0.717, 1.165) is 22.5 Å². The number of rotatable bonds is 5. The first-order valence-corrected chi connectivity index (χ1v) is 11.6. The van der Waals surface area contributed by atoms with Crippen LogP contribution in [-0.4, -0.2) is 43.7 Å². The highest BCUT2D eigenvalue weighted by Crippen LogP contribution is 2.36. The van der Waals surface area contributed by atoms with Gasteiger partial charge in [0.25, 0.3) is 0 Å². The third kappa shape index (κ3) is 4.80. The van der Waals surface area contributed by atoms with E-state index in [2.05, 4.69) is 0 Å². The topological polar surface area (TPSA) is 57.7 Å². The maximum Gasteiger partial charge on any atom is 0.417 e. The minimum absolute atomic E-state index is 0.0765. The third-order valence-corrected chi connectivity index (χ3v) is 7.85. The molecule has 0 aromatic heterocycles. The molecule has 1 aliphatic rings. The van der Waals surface area contributed by atoms with Crippen molar-refractivity contribution in [1.82, 2.24) is 9.21 Å². The summed E-state index contributed by atoms with van der Waals surface area (Å²) in [6.45, 7) is 1.55. The lowest BCUT2D eigenvalue weighted by molar-refractivity contribution is -0.140. The van der Waals surface area contributed by atoms with Crippen LogP contribution in [-0.2, 0) is 21.0 Å². The molecule has 0 bridgehead atoms. The van der Waals surface area contributed by atoms with Gasteiger partial charge in [-0.3, -0.25) is 4.79 Å². The van der Waals surface area contributed by atoms with Crippen molar-refractivity contribution in [2.45, 2.75) is 36.9 Å². The maximum atomic E-state index is 14.1. The molecule has 0 spiro atoms. The van der Waals surface area contributed by atoms with Crippen molar-refractivity contribution in [2.75, 3.05) is 20.1 Å². The van der Waals surface area contributed by atoms with Gasteiger partial charge in [0.15, 0.2) is 0 Å². The number of hydrogen-bond donors (Lipinski definition) is 0. The van der Waals surface area contributed by atoms with Crippen LogP contribution in [0.15, 0.2) is 53.4 Å². The van der Waals surface area contributed by atoms with Crippen LogP contribution in [0.5, 0.6) is 0 Å². The lowest BCUT2D eigenvalue weighted by Crippen LogP contribution is -2.44. The fourth-order valence-corrected chi connectivity index (χ4v) is 5.59. The molecule has 1 aliphatic heterocycles. The lowest BCUT2D eigenvalue weighted by atomic mass is 9.95. The normalized spacial score (nSPS) is 17.2. The zero-order valence-electron chi connectivity index (χ0n) is 17.6. The van der Waals surface area contributed by atoms with Crippen LogP contribution in [0, 0.1) is 11.7 Å².